The number of thiocarbonyl (C=S) groups is 1. The highest BCUT2D eigenvalue weighted by molar-refractivity contribution is 8.23. The monoisotopic (exact) mass is 296 g/mol. The predicted molar refractivity (Wildman–Crippen MR) is 79.4 cm³/mol. The van der Waals surface area contributed by atoms with Crippen LogP contribution in [0.1, 0.15) is 5.69 Å². The van der Waals surface area contributed by atoms with Gasteiger partial charge in [-0.3, -0.25) is 4.79 Å². The summed E-state index contributed by atoms with van der Waals surface area (Å²) in [5, 5.41) is 7.54. The summed E-state index contributed by atoms with van der Waals surface area (Å²) in [6, 6.07) is 1.43. The SMILES string of the molecule is C#CCSC(=S)Nc1nn2c(=O)cc(C)nc2s1. The van der Waals surface area contributed by atoms with Crippen molar-refractivity contribution in [3.63, 3.8) is 0 Å². The molecule has 18 heavy (non-hydrogen) atoms. The number of aryl methyl sites for hydroxylation is 1. The normalized spacial score (nSPS) is 10.2. The van der Waals surface area contributed by atoms with Crippen LogP contribution in [0.15, 0.2) is 10.9 Å². The van der Waals surface area contributed by atoms with E-state index >= 15 is 0 Å². The van der Waals surface area contributed by atoms with Crippen molar-refractivity contribution >= 4 is 49.7 Å². The lowest BCUT2D eigenvalue weighted by molar-refractivity contribution is 0.895. The fourth-order valence-corrected chi connectivity index (χ4v) is 2.84. The summed E-state index contributed by atoms with van der Waals surface area (Å²) in [7, 11) is 0. The van der Waals surface area contributed by atoms with Crippen LogP contribution in [0.4, 0.5) is 5.13 Å². The highest BCUT2D eigenvalue weighted by Gasteiger charge is 2.08. The van der Waals surface area contributed by atoms with Gasteiger partial charge in [-0.05, 0) is 6.92 Å². The van der Waals surface area contributed by atoms with Crippen molar-refractivity contribution < 1.29 is 0 Å². The van der Waals surface area contributed by atoms with Crippen molar-refractivity contribution in [2.24, 2.45) is 0 Å². The van der Waals surface area contributed by atoms with Crippen LogP contribution in [0.3, 0.4) is 0 Å². The molecule has 0 unspecified atom stereocenters. The third-order valence-electron chi connectivity index (χ3n) is 1.87. The first-order valence-electron chi connectivity index (χ1n) is 4.85. The number of aromatic nitrogens is 3. The molecular weight excluding hydrogens is 288 g/mol. The summed E-state index contributed by atoms with van der Waals surface area (Å²) < 4.78 is 1.77. The molecule has 2 rings (SSSR count). The van der Waals surface area contributed by atoms with Crippen LogP contribution < -0.4 is 10.9 Å². The second kappa shape index (κ2) is 5.48. The Labute approximate surface area is 117 Å². The molecule has 0 fully saturated rings. The zero-order valence-electron chi connectivity index (χ0n) is 9.34. The van der Waals surface area contributed by atoms with Gasteiger partial charge in [0.15, 0.2) is 0 Å². The number of nitrogens with zero attached hydrogens (tertiary/aromatic N) is 3. The number of thioether (sulfide) groups is 1. The van der Waals surface area contributed by atoms with Gasteiger partial charge in [0, 0.05) is 11.8 Å². The maximum absolute atomic E-state index is 11.6. The molecule has 0 aromatic carbocycles. The van der Waals surface area contributed by atoms with Gasteiger partial charge in [-0.2, -0.15) is 4.52 Å². The average molecular weight is 296 g/mol. The number of hydrogen-bond acceptors (Lipinski definition) is 6. The Kier molecular flexibility index (Phi) is 3.96. The van der Waals surface area contributed by atoms with Gasteiger partial charge in [-0.1, -0.05) is 41.2 Å². The minimum Gasteiger partial charge on any atom is -0.316 e. The van der Waals surface area contributed by atoms with Crippen LogP contribution in [0.2, 0.25) is 0 Å². The highest BCUT2D eigenvalue weighted by atomic mass is 32.2. The fourth-order valence-electron chi connectivity index (χ4n) is 1.20. The largest absolute Gasteiger partial charge is 0.316 e. The van der Waals surface area contributed by atoms with Crippen molar-refractivity contribution in [1.82, 2.24) is 14.6 Å². The van der Waals surface area contributed by atoms with E-state index in [2.05, 4.69) is 21.3 Å². The number of anilines is 1. The summed E-state index contributed by atoms with van der Waals surface area (Å²) in [6.07, 6.45) is 5.14. The Morgan fingerprint density at radius 2 is 2.56 bits per heavy atom. The number of fused-ring (bicyclic) bond motifs is 1. The zero-order chi connectivity index (χ0) is 13.1. The first kappa shape index (κ1) is 13.0. The standard InChI is InChI=1S/C10H8N4OS3/c1-3-4-17-10(16)12-8-13-14-7(15)5-6(2)11-9(14)18-8/h1,5H,4H2,2H3,(H,12,13,16). The van der Waals surface area contributed by atoms with Gasteiger partial charge in [0.25, 0.3) is 5.56 Å². The van der Waals surface area contributed by atoms with Crippen molar-refractivity contribution in [2.75, 3.05) is 11.1 Å². The smallest absolute Gasteiger partial charge is 0.275 e. The molecule has 0 saturated heterocycles. The van der Waals surface area contributed by atoms with Crippen LogP contribution >= 0.6 is 35.3 Å². The molecule has 2 heterocycles. The Bertz CT molecular complexity index is 697. The van der Waals surface area contributed by atoms with Gasteiger partial charge in [0.2, 0.25) is 10.1 Å². The van der Waals surface area contributed by atoms with Crippen LogP contribution in [0, 0.1) is 19.3 Å². The molecule has 0 atom stereocenters. The average Bonchev–Trinajstić information content (AvgIpc) is 2.69. The van der Waals surface area contributed by atoms with Gasteiger partial charge in [0.1, 0.15) is 4.32 Å². The predicted octanol–water partition coefficient (Wildman–Crippen LogP) is 1.52. The summed E-state index contributed by atoms with van der Waals surface area (Å²) in [5.41, 5.74) is 0.462. The lowest BCUT2D eigenvalue weighted by atomic mass is 10.5. The molecular formula is C10H8N4OS3. The first-order valence-corrected chi connectivity index (χ1v) is 7.06. The Hall–Kier alpha value is -1.43. The van der Waals surface area contributed by atoms with Gasteiger partial charge in [-0.15, -0.1) is 11.5 Å². The summed E-state index contributed by atoms with van der Waals surface area (Å²) >= 11 is 7.68. The van der Waals surface area contributed by atoms with Crippen molar-refractivity contribution in [3.8, 4) is 12.3 Å². The van der Waals surface area contributed by atoms with Crippen molar-refractivity contribution in [2.45, 2.75) is 6.92 Å². The molecule has 5 nitrogen and oxygen atoms in total. The maximum Gasteiger partial charge on any atom is 0.275 e. The molecule has 2 aromatic rings. The molecule has 2 aromatic heterocycles. The van der Waals surface area contributed by atoms with Crippen LogP contribution in [0.5, 0.6) is 0 Å². The van der Waals surface area contributed by atoms with E-state index in [4.69, 9.17) is 18.6 Å². The minimum atomic E-state index is -0.205. The first-order chi connectivity index (χ1) is 8.60. The maximum atomic E-state index is 11.6. The van der Waals surface area contributed by atoms with E-state index < -0.39 is 0 Å². The Balaban J connectivity index is 2.26. The van der Waals surface area contributed by atoms with Gasteiger partial charge in [0.05, 0.1) is 5.75 Å². The Morgan fingerprint density at radius 1 is 1.78 bits per heavy atom. The van der Waals surface area contributed by atoms with E-state index in [0.29, 0.717) is 25.9 Å². The van der Waals surface area contributed by atoms with Crippen LogP contribution in [-0.4, -0.2) is 24.7 Å². The van der Waals surface area contributed by atoms with Crippen molar-refractivity contribution in [3.05, 3.63) is 22.1 Å². The topological polar surface area (TPSA) is 59.3 Å². The molecule has 0 bridgehead atoms. The number of nitrogens with one attached hydrogen (secondary N) is 1. The van der Waals surface area contributed by atoms with Gasteiger partial charge >= 0.3 is 0 Å². The van der Waals surface area contributed by atoms with E-state index in [1.54, 1.807) is 6.92 Å². The molecule has 1 N–H and O–H groups in total. The minimum absolute atomic E-state index is 0.205. The summed E-state index contributed by atoms with van der Waals surface area (Å²) in [6.45, 7) is 1.77. The van der Waals surface area contributed by atoms with E-state index in [-0.39, 0.29) is 5.56 Å². The third kappa shape index (κ3) is 2.87. The molecule has 8 heteroatoms. The number of rotatable bonds is 2. The summed E-state index contributed by atoms with van der Waals surface area (Å²) in [5.74, 6) is 2.97. The molecule has 0 radical (unpaired) electrons. The van der Waals surface area contributed by atoms with Crippen LogP contribution in [-0.2, 0) is 0 Å². The number of terminal acetylenes is 1. The lowest BCUT2D eigenvalue weighted by Crippen LogP contribution is -2.14. The number of hydrogen-bond donors (Lipinski definition) is 1. The van der Waals surface area contributed by atoms with E-state index in [0.717, 1.165) is 0 Å². The Morgan fingerprint density at radius 3 is 3.28 bits per heavy atom. The highest BCUT2D eigenvalue weighted by Crippen LogP contribution is 2.18. The van der Waals surface area contributed by atoms with Gasteiger partial charge < -0.3 is 5.32 Å². The second-order valence-corrected chi connectivity index (χ2v) is 5.85. The fraction of sp³-hybridized carbons (Fsp3) is 0.200. The molecule has 0 aliphatic rings. The van der Waals surface area contributed by atoms with E-state index in [9.17, 15) is 4.79 Å². The molecule has 0 spiro atoms. The second-order valence-electron chi connectivity index (χ2n) is 3.24. The summed E-state index contributed by atoms with van der Waals surface area (Å²) in [4.78, 5) is 16.4. The van der Waals surface area contributed by atoms with E-state index in [1.807, 2.05) is 0 Å². The van der Waals surface area contributed by atoms with Crippen LogP contribution in [0.25, 0.3) is 4.96 Å². The molecule has 92 valence electrons. The molecule has 0 aliphatic heterocycles. The molecule has 0 aliphatic carbocycles. The van der Waals surface area contributed by atoms with Gasteiger partial charge in [-0.25, -0.2) is 4.98 Å². The third-order valence-corrected chi connectivity index (χ3v) is 3.82. The van der Waals surface area contributed by atoms with E-state index in [1.165, 1.54) is 33.7 Å². The molecule has 0 saturated carbocycles. The molecule has 0 amide bonds. The van der Waals surface area contributed by atoms with Crippen molar-refractivity contribution in [1.29, 1.82) is 0 Å². The lowest BCUT2D eigenvalue weighted by Gasteiger charge is -1.99. The quantitative estimate of drug-likeness (QED) is 0.670. The zero-order valence-corrected chi connectivity index (χ0v) is 11.8.